The van der Waals surface area contributed by atoms with Crippen molar-refractivity contribution in [1.29, 1.82) is 0 Å². The first-order valence-corrected chi connectivity index (χ1v) is 8.31. The van der Waals surface area contributed by atoms with E-state index in [0.717, 1.165) is 18.3 Å². The molecule has 0 aliphatic rings. The first kappa shape index (κ1) is 22.7. The molecule has 1 N–H and O–H groups in total. The molecular weight excluding hydrogens is 566 g/mol. The summed E-state index contributed by atoms with van der Waals surface area (Å²) < 4.78 is 38.8. The molecule has 3 aromatic heterocycles. The van der Waals surface area contributed by atoms with E-state index < -0.39 is 23.1 Å². The number of pyridine rings is 3. The quantitative estimate of drug-likeness (QED) is 0.488. The number of nitrogens with zero attached hydrogens (tertiary/aromatic N) is 3. The smallest absolute Gasteiger partial charge is 0.416 e. The Labute approximate surface area is 179 Å². The predicted molar refractivity (Wildman–Crippen MR) is 96.4 cm³/mol. The zero-order valence-electron chi connectivity index (χ0n) is 15.3. The fraction of sp³-hybridized carbons (Fsp3) is 0.200. The first-order chi connectivity index (χ1) is 13.1. The monoisotopic (exact) mass is 582 g/mol. The van der Waals surface area contributed by atoms with Gasteiger partial charge in [0, 0.05) is 27.3 Å². The Morgan fingerprint density at radius 1 is 0.897 bits per heavy atom. The van der Waals surface area contributed by atoms with Crippen LogP contribution >= 0.6 is 0 Å². The van der Waals surface area contributed by atoms with Crippen LogP contribution < -0.4 is 0 Å². The van der Waals surface area contributed by atoms with Crippen molar-refractivity contribution in [3.05, 3.63) is 66.0 Å². The second kappa shape index (κ2) is 8.41. The summed E-state index contributed by atoms with van der Waals surface area (Å²) in [6.45, 7) is 3.08. The third kappa shape index (κ3) is 4.88. The van der Waals surface area contributed by atoms with Crippen molar-refractivity contribution in [1.82, 2.24) is 15.0 Å². The van der Waals surface area contributed by atoms with Crippen LogP contribution in [0.25, 0.3) is 22.8 Å². The molecule has 3 rings (SSSR count). The third-order valence-corrected chi connectivity index (χ3v) is 4.29. The molecule has 0 amide bonds. The van der Waals surface area contributed by atoms with Crippen LogP contribution in [0.4, 0.5) is 13.2 Å². The molecule has 0 unspecified atom stereocenters. The van der Waals surface area contributed by atoms with Gasteiger partial charge in [0.2, 0.25) is 0 Å². The van der Waals surface area contributed by atoms with Crippen molar-refractivity contribution in [3.63, 3.8) is 0 Å². The van der Waals surface area contributed by atoms with Gasteiger partial charge >= 0.3 is 12.1 Å². The van der Waals surface area contributed by atoms with E-state index in [-0.39, 0.29) is 32.5 Å². The van der Waals surface area contributed by atoms with Gasteiger partial charge in [-0.1, -0.05) is 12.1 Å². The summed E-state index contributed by atoms with van der Waals surface area (Å²) in [5.74, 6) is -1.02. The number of carboxylic acids is 1. The van der Waals surface area contributed by atoms with Crippen molar-refractivity contribution < 1.29 is 44.1 Å². The number of alkyl halides is 3. The standard InChI is InChI=1S/C20H16F3N3O2.Pt/c1-19(2,18(27)28)17-8-4-7-14(26-17)13-5-3-6-15(25-13)16-11-12(9-10-24-16)20(21,22)23;/h3-11H,1-2H3,(H,27,28);. The molecule has 3 heterocycles. The second-order valence-electron chi connectivity index (χ2n) is 6.67. The minimum atomic E-state index is -4.48. The topological polar surface area (TPSA) is 76.0 Å². The zero-order chi connectivity index (χ0) is 20.5. The van der Waals surface area contributed by atoms with E-state index in [0.29, 0.717) is 17.1 Å². The van der Waals surface area contributed by atoms with Crippen molar-refractivity contribution in [2.45, 2.75) is 25.4 Å². The van der Waals surface area contributed by atoms with Gasteiger partial charge in [0.15, 0.2) is 0 Å². The normalized spacial score (nSPS) is 11.6. The number of hydrogen-bond acceptors (Lipinski definition) is 4. The van der Waals surface area contributed by atoms with Crippen LogP contribution in [0.1, 0.15) is 25.1 Å². The summed E-state index contributed by atoms with van der Waals surface area (Å²) >= 11 is 0. The van der Waals surface area contributed by atoms with Gasteiger partial charge in [-0.25, -0.2) is 4.98 Å². The molecule has 0 saturated carbocycles. The summed E-state index contributed by atoms with van der Waals surface area (Å²) in [6.07, 6.45) is -3.39. The number of rotatable bonds is 4. The van der Waals surface area contributed by atoms with Crippen LogP contribution in [-0.4, -0.2) is 26.0 Å². The Morgan fingerprint density at radius 3 is 2.03 bits per heavy atom. The molecule has 0 fully saturated rings. The molecule has 3 aromatic rings. The van der Waals surface area contributed by atoms with Crippen molar-refractivity contribution in [2.24, 2.45) is 0 Å². The van der Waals surface area contributed by atoms with Gasteiger partial charge in [0.25, 0.3) is 0 Å². The molecule has 0 aliphatic heterocycles. The molecular formula is C20H16F3N3O2Pt. The number of carboxylic acid groups (broad SMARTS) is 1. The van der Waals surface area contributed by atoms with Gasteiger partial charge in [-0.05, 0) is 50.2 Å². The van der Waals surface area contributed by atoms with Gasteiger partial charge in [-0.2, -0.15) is 13.2 Å². The largest absolute Gasteiger partial charge is 0.481 e. The SMILES string of the molecule is CC(C)(C(=O)O)c1cccc(-c2cccc(-c3cc(C(F)(F)F)ccn3)n2)n1.[Pt]. The van der Waals surface area contributed by atoms with Gasteiger partial charge in [-0.3, -0.25) is 14.8 Å². The van der Waals surface area contributed by atoms with Crippen LogP contribution in [0.15, 0.2) is 54.7 Å². The van der Waals surface area contributed by atoms with E-state index in [1.807, 2.05) is 0 Å². The maximum Gasteiger partial charge on any atom is 0.416 e. The molecule has 5 nitrogen and oxygen atoms in total. The van der Waals surface area contributed by atoms with Crippen LogP contribution in [0.5, 0.6) is 0 Å². The van der Waals surface area contributed by atoms with Crippen LogP contribution in [0.3, 0.4) is 0 Å². The average molecular weight is 582 g/mol. The van der Waals surface area contributed by atoms with Crippen molar-refractivity contribution in [2.75, 3.05) is 0 Å². The number of hydrogen-bond donors (Lipinski definition) is 1. The summed E-state index contributed by atoms with van der Waals surface area (Å²) in [7, 11) is 0. The molecule has 154 valence electrons. The molecule has 0 saturated heterocycles. The summed E-state index contributed by atoms with van der Waals surface area (Å²) in [5.41, 5.74) is -0.502. The minimum absolute atomic E-state index is 0. The molecule has 29 heavy (non-hydrogen) atoms. The van der Waals surface area contributed by atoms with Crippen LogP contribution in [0, 0.1) is 0 Å². The number of aromatic nitrogens is 3. The van der Waals surface area contributed by atoms with Crippen LogP contribution in [0.2, 0.25) is 0 Å². The van der Waals surface area contributed by atoms with Crippen LogP contribution in [-0.2, 0) is 37.5 Å². The zero-order valence-corrected chi connectivity index (χ0v) is 17.6. The summed E-state index contributed by atoms with van der Waals surface area (Å²) in [6, 6.07) is 11.6. The Morgan fingerprint density at radius 2 is 1.45 bits per heavy atom. The molecule has 0 radical (unpaired) electrons. The number of carbonyl (C=O) groups is 1. The summed E-state index contributed by atoms with van der Waals surface area (Å²) in [5, 5.41) is 9.38. The molecule has 0 bridgehead atoms. The number of halogens is 3. The van der Waals surface area contributed by atoms with E-state index in [2.05, 4.69) is 15.0 Å². The van der Waals surface area contributed by atoms with E-state index >= 15 is 0 Å². The van der Waals surface area contributed by atoms with E-state index in [9.17, 15) is 23.1 Å². The Bertz CT molecular complexity index is 1040. The van der Waals surface area contributed by atoms with E-state index in [1.54, 1.807) is 36.4 Å². The van der Waals surface area contributed by atoms with E-state index in [4.69, 9.17) is 0 Å². The van der Waals surface area contributed by atoms with Gasteiger partial charge in [0.1, 0.15) is 5.41 Å². The molecule has 0 atom stereocenters. The summed E-state index contributed by atoms with van der Waals surface area (Å²) in [4.78, 5) is 24.2. The fourth-order valence-electron chi connectivity index (χ4n) is 2.50. The minimum Gasteiger partial charge on any atom is -0.481 e. The van der Waals surface area contributed by atoms with Gasteiger partial charge < -0.3 is 5.11 Å². The maximum atomic E-state index is 12.9. The van der Waals surface area contributed by atoms with Gasteiger partial charge in [-0.15, -0.1) is 0 Å². The van der Waals surface area contributed by atoms with E-state index in [1.165, 1.54) is 13.8 Å². The Kier molecular flexibility index (Phi) is 6.58. The maximum absolute atomic E-state index is 12.9. The second-order valence-corrected chi connectivity index (χ2v) is 6.67. The predicted octanol–water partition coefficient (Wildman–Crippen LogP) is 4.58. The average Bonchev–Trinajstić information content (AvgIpc) is 2.67. The molecule has 0 aromatic carbocycles. The van der Waals surface area contributed by atoms with Crippen molar-refractivity contribution in [3.8, 4) is 22.8 Å². The Balaban J connectivity index is 0.00000300. The molecule has 0 spiro atoms. The van der Waals surface area contributed by atoms with Crippen molar-refractivity contribution >= 4 is 5.97 Å². The first-order valence-electron chi connectivity index (χ1n) is 8.31. The third-order valence-electron chi connectivity index (χ3n) is 4.29. The van der Waals surface area contributed by atoms with Gasteiger partial charge in [0.05, 0.1) is 34.0 Å². The Hall–Kier alpha value is -2.60. The molecule has 0 aliphatic carbocycles. The number of aliphatic carboxylic acids is 1. The fourth-order valence-corrected chi connectivity index (χ4v) is 2.50. The molecule has 9 heteroatoms.